The molecule has 200 valence electrons. The summed E-state index contributed by atoms with van der Waals surface area (Å²) in [6, 6.07) is 7.55. The second-order valence-corrected chi connectivity index (χ2v) is 8.61. The number of benzene rings is 1. The lowest BCUT2D eigenvalue weighted by molar-refractivity contribution is -0.134. The molecule has 1 saturated heterocycles. The van der Waals surface area contributed by atoms with Crippen molar-refractivity contribution in [2.45, 2.75) is 13.5 Å². The third kappa shape index (κ3) is 7.43. The molecule has 1 fully saturated rings. The van der Waals surface area contributed by atoms with Crippen LogP contribution in [0.1, 0.15) is 18.2 Å². The van der Waals surface area contributed by atoms with E-state index < -0.39 is 6.09 Å². The molecular weight excluding hydrogens is 484 g/mol. The number of hydrogen-bond acceptors (Lipinski definition) is 9. The molecule has 6 N–H and O–H groups in total. The van der Waals surface area contributed by atoms with E-state index >= 15 is 0 Å². The van der Waals surface area contributed by atoms with Gasteiger partial charge in [0.1, 0.15) is 5.82 Å². The van der Waals surface area contributed by atoms with Crippen molar-refractivity contribution in [3.05, 3.63) is 73.0 Å². The minimum atomic E-state index is -0.640. The number of nitrogens with two attached hydrogens (primary N) is 2. The van der Waals surface area contributed by atoms with Crippen LogP contribution >= 0.6 is 0 Å². The topological polar surface area (TPSA) is 151 Å². The number of rotatable bonds is 10. The number of nitrogen functional groups attached to an aromatic ring is 1. The van der Waals surface area contributed by atoms with Crippen LogP contribution in [-0.2, 0) is 16.1 Å². The Balaban J connectivity index is 1.86. The Labute approximate surface area is 222 Å². The van der Waals surface area contributed by atoms with Crippen molar-refractivity contribution in [1.82, 2.24) is 20.1 Å². The van der Waals surface area contributed by atoms with Gasteiger partial charge in [0.05, 0.1) is 35.9 Å². The van der Waals surface area contributed by atoms with Gasteiger partial charge in [0.2, 0.25) is 5.91 Å². The number of allylic oxidation sites excluding steroid dienone is 1. The monoisotopic (exact) mass is 518 g/mol. The SMILES string of the molecule is C=C(NC(=O)OCC)Nc1c(N)cc(-c2ccc(CN3CCN(C)C(=O)C3)nc2)cc1C(=C)/N=C\C=C/N. The lowest BCUT2D eigenvalue weighted by Gasteiger charge is -2.31. The zero-order valence-electron chi connectivity index (χ0n) is 21.7. The number of carbonyl (C=O) groups is 2. The molecule has 2 amide bonds. The number of carbonyl (C=O) groups excluding carboxylic acids is 2. The third-order valence-electron chi connectivity index (χ3n) is 5.79. The predicted molar refractivity (Wildman–Crippen MR) is 151 cm³/mol. The number of pyridine rings is 1. The maximum Gasteiger partial charge on any atom is 0.412 e. The maximum atomic E-state index is 12.0. The van der Waals surface area contributed by atoms with Gasteiger partial charge in [-0.05, 0) is 43.0 Å². The van der Waals surface area contributed by atoms with Gasteiger partial charge in [-0.2, -0.15) is 0 Å². The largest absolute Gasteiger partial charge is 0.450 e. The van der Waals surface area contributed by atoms with Crippen LogP contribution in [0, 0.1) is 0 Å². The number of nitrogens with one attached hydrogen (secondary N) is 2. The second-order valence-electron chi connectivity index (χ2n) is 8.61. The summed E-state index contributed by atoms with van der Waals surface area (Å²) >= 11 is 0. The van der Waals surface area contributed by atoms with Crippen LogP contribution in [0.2, 0.25) is 0 Å². The Bertz CT molecular complexity index is 1250. The van der Waals surface area contributed by atoms with Crippen LogP contribution in [0.25, 0.3) is 16.8 Å². The normalized spacial score (nSPS) is 14.2. The van der Waals surface area contributed by atoms with E-state index in [-0.39, 0.29) is 18.3 Å². The molecule has 0 spiro atoms. The van der Waals surface area contributed by atoms with Gasteiger partial charge in [-0.15, -0.1) is 0 Å². The first-order valence-electron chi connectivity index (χ1n) is 12.1. The average Bonchev–Trinajstić information content (AvgIpc) is 2.88. The van der Waals surface area contributed by atoms with Crippen molar-refractivity contribution in [1.29, 1.82) is 0 Å². The van der Waals surface area contributed by atoms with Crippen LogP contribution in [0.3, 0.4) is 0 Å². The fraction of sp³-hybridized carbons (Fsp3) is 0.259. The highest BCUT2D eigenvalue weighted by Crippen LogP contribution is 2.35. The number of nitrogens with zero attached hydrogens (tertiary/aromatic N) is 4. The lowest BCUT2D eigenvalue weighted by atomic mass is 9.99. The molecule has 0 bridgehead atoms. The number of amides is 2. The van der Waals surface area contributed by atoms with E-state index in [1.165, 1.54) is 12.4 Å². The number of hydrogen-bond donors (Lipinski definition) is 4. The highest BCUT2D eigenvalue weighted by Gasteiger charge is 2.21. The second kappa shape index (κ2) is 13.1. The molecule has 2 heterocycles. The molecule has 38 heavy (non-hydrogen) atoms. The van der Waals surface area contributed by atoms with Gasteiger partial charge in [0.15, 0.2) is 0 Å². The van der Waals surface area contributed by atoms with Crippen LogP contribution < -0.4 is 22.1 Å². The van der Waals surface area contributed by atoms with E-state index in [1.54, 1.807) is 30.2 Å². The van der Waals surface area contributed by atoms with Crippen molar-refractivity contribution < 1.29 is 14.3 Å². The Morgan fingerprint density at radius 2 is 2.05 bits per heavy atom. The Morgan fingerprint density at radius 1 is 1.26 bits per heavy atom. The molecule has 11 nitrogen and oxygen atoms in total. The smallest absolute Gasteiger partial charge is 0.412 e. The minimum absolute atomic E-state index is 0.106. The summed E-state index contributed by atoms with van der Waals surface area (Å²) in [6.07, 6.45) is 5.57. The van der Waals surface area contributed by atoms with Crippen molar-refractivity contribution in [3.8, 4) is 11.1 Å². The maximum absolute atomic E-state index is 12.0. The molecule has 1 aliphatic heterocycles. The standard InChI is InChI=1S/C27H34N8O3/c1-5-38-27(37)33-19(3)32-26-23(18(2)30-10-6-9-28)13-21(14-24(26)29)20-7-8-22(31-15-20)16-35-12-11-34(4)25(36)17-35/h6-10,13-15,32H,2-3,5,11-12,16-17,28-29H2,1,4H3,(H,33,37)/b9-6-,30-10-. The summed E-state index contributed by atoms with van der Waals surface area (Å²) < 4.78 is 4.90. The van der Waals surface area contributed by atoms with E-state index in [9.17, 15) is 9.59 Å². The first kappa shape index (κ1) is 27.9. The number of aliphatic imine (C=N–C) groups is 1. The summed E-state index contributed by atoms with van der Waals surface area (Å²) in [5, 5.41) is 5.53. The van der Waals surface area contributed by atoms with Crippen LogP contribution in [0.5, 0.6) is 0 Å². The number of anilines is 2. The first-order valence-corrected chi connectivity index (χ1v) is 12.1. The molecule has 1 aromatic heterocycles. The molecule has 0 saturated carbocycles. The van der Waals surface area contributed by atoms with Gasteiger partial charge in [-0.1, -0.05) is 19.2 Å². The molecule has 11 heteroatoms. The fourth-order valence-electron chi connectivity index (χ4n) is 3.78. The highest BCUT2D eigenvalue weighted by atomic mass is 16.5. The molecule has 2 aromatic rings. The summed E-state index contributed by atoms with van der Waals surface area (Å²) in [7, 11) is 1.81. The number of alkyl carbamates (subject to hydrolysis) is 1. The number of piperazine rings is 1. The minimum Gasteiger partial charge on any atom is -0.450 e. The molecule has 0 unspecified atom stereocenters. The Kier molecular flexibility index (Phi) is 9.60. The zero-order chi connectivity index (χ0) is 27.7. The third-order valence-corrected chi connectivity index (χ3v) is 5.79. The first-order chi connectivity index (χ1) is 18.2. The van der Waals surface area contributed by atoms with Gasteiger partial charge in [0, 0.05) is 50.2 Å². The summed E-state index contributed by atoms with van der Waals surface area (Å²) in [5.41, 5.74) is 16.2. The highest BCUT2D eigenvalue weighted by molar-refractivity contribution is 5.91. The van der Waals surface area contributed by atoms with E-state index in [0.717, 1.165) is 23.4 Å². The van der Waals surface area contributed by atoms with Crippen LogP contribution in [0.4, 0.5) is 16.2 Å². The summed E-state index contributed by atoms with van der Waals surface area (Å²) in [6.45, 7) is 12.3. The summed E-state index contributed by atoms with van der Waals surface area (Å²) in [4.78, 5) is 36.5. The van der Waals surface area contributed by atoms with Crippen LogP contribution in [-0.4, -0.2) is 66.3 Å². The molecule has 0 atom stereocenters. The van der Waals surface area contributed by atoms with Crippen molar-refractivity contribution in [2.75, 3.05) is 44.3 Å². The van der Waals surface area contributed by atoms with Crippen molar-refractivity contribution in [3.63, 3.8) is 0 Å². The Hall–Kier alpha value is -4.64. The van der Waals surface area contributed by atoms with E-state index in [2.05, 4.69) is 38.7 Å². The van der Waals surface area contributed by atoms with E-state index in [0.29, 0.717) is 42.3 Å². The molecular formula is C27H34N8O3. The number of ether oxygens (including phenoxy) is 1. The molecule has 1 aromatic carbocycles. The average molecular weight is 519 g/mol. The van der Waals surface area contributed by atoms with Gasteiger partial charge in [-0.3, -0.25) is 25.0 Å². The van der Waals surface area contributed by atoms with E-state index in [4.69, 9.17) is 16.2 Å². The molecule has 1 aliphatic rings. The fourth-order valence-corrected chi connectivity index (χ4v) is 3.78. The van der Waals surface area contributed by atoms with Gasteiger partial charge < -0.3 is 26.4 Å². The number of likely N-dealkylation sites (N-methyl/N-ethyl adjacent to an activating group) is 1. The van der Waals surface area contributed by atoms with Crippen molar-refractivity contribution in [2.24, 2.45) is 10.7 Å². The zero-order valence-corrected chi connectivity index (χ0v) is 21.7. The molecule has 0 aliphatic carbocycles. The number of aromatic nitrogens is 1. The molecule has 3 rings (SSSR count). The Morgan fingerprint density at radius 3 is 2.71 bits per heavy atom. The van der Waals surface area contributed by atoms with Crippen LogP contribution in [0.15, 0.2) is 66.7 Å². The van der Waals surface area contributed by atoms with Crippen molar-refractivity contribution >= 4 is 35.3 Å². The molecule has 0 radical (unpaired) electrons. The van der Waals surface area contributed by atoms with Gasteiger partial charge in [0.25, 0.3) is 0 Å². The predicted octanol–water partition coefficient (Wildman–Crippen LogP) is 2.75. The quantitative estimate of drug-likeness (QED) is 0.277. The van der Waals surface area contributed by atoms with E-state index in [1.807, 2.05) is 25.2 Å². The summed E-state index contributed by atoms with van der Waals surface area (Å²) in [5.74, 6) is 0.283. The van der Waals surface area contributed by atoms with Gasteiger partial charge in [-0.25, -0.2) is 4.79 Å². The van der Waals surface area contributed by atoms with Gasteiger partial charge >= 0.3 is 6.09 Å². The lowest BCUT2D eigenvalue weighted by Crippen LogP contribution is -2.48.